The number of carbonyl (C=O) groups excluding carboxylic acids is 2. The molecule has 0 saturated heterocycles. The van der Waals surface area contributed by atoms with Crippen LogP contribution in [0.1, 0.15) is 62.3 Å². The van der Waals surface area contributed by atoms with Crippen LogP contribution in [0.4, 0.5) is 5.69 Å². The van der Waals surface area contributed by atoms with Crippen LogP contribution in [0, 0.1) is 6.92 Å². The summed E-state index contributed by atoms with van der Waals surface area (Å²) < 4.78 is 29.5. The average molecular weight is 640 g/mol. The largest absolute Gasteiger partial charge is 0.352 e. The lowest BCUT2D eigenvalue weighted by molar-refractivity contribution is -0.140. The molecule has 2 unspecified atom stereocenters. The monoisotopic (exact) mass is 639 g/mol. The van der Waals surface area contributed by atoms with Crippen LogP contribution in [0.25, 0.3) is 0 Å². The van der Waals surface area contributed by atoms with Crippen LogP contribution >= 0.6 is 0 Å². The number of amides is 2. The van der Waals surface area contributed by atoms with Gasteiger partial charge in [0, 0.05) is 19.0 Å². The van der Waals surface area contributed by atoms with Crippen molar-refractivity contribution in [2.45, 2.75) is 76.9 Å². The van der Waals surface area contributed by atoms with E-state index in [0.717, 1.165) is 33.0 Å². The van der Waals surface area contributed by atoms with E-state index in [1.54, 1.807) is 30.3 Å². The molecule has 0 bridgehead atoms. The molecule has 1 N–H and O–H groups in total. The van der Waals surface area contributed by atoms with Crippen molar-refractivity contribution in [2.75, 3.05) is 10.8 Å². The number of benzene rings is 4. The minimum Gasteiger partial charge on any atom is -0.352 e. The molecule has 7 nitrogen and oxygen atoms in total. The molecule has 0 aliphatic heterocycles. The van der Waals surface area contributed by atoms with Crippen molar-refractivity contribution >= 4 is 27.5 Å². The molecule has 0 saturated carbocycles. The van der Waals surface area contributed by atoms with Gasteiger partial charge in [0.2, 0.25) is 11.8 Å². The predicted molar refractivity (Wildman–Crippen MR) is 185 cm³/mol. The first-order chi connectivity index (χ1) is 22.0. The molecule has 2 amide bonds. The number of anilines is 1. The number of hydrogen-bond acceptors (Lipinski definition) is 4. The molecule has 0 radical (unpaired) electrons. The molecule has 242 valence electrons. The van der Waals surface area contributed by atoms with E-state index in [-0.39, 0.29) is 35.7 Å². The third-order valence-electron chi connectivity index (χ3n) is 8.20. The minimum absolute atomic E-state index is 0.0798. The van der Waals surface area contributed by atoms with Crippen LogP contribution in [-0.2, 0) is 32.6 Å². The Labute approximate surface area is 274 Å². The number of nitrogens with zero attached hydrogens (tertiary/aromatic N) is 2. The van der Waals surface area contributed by atoms with Gasteiger partial charge in [-0.3, -0.25) is 13.9 Å². The first kappa shape index (κ1) is 34.4. The van der Waals surface area contributed by atoms with Gasteiger partial charge in [0.05, 0.1) is 10.6 Å². The molecule has 0 fully saturated rings. The van der Waals surface area contributed by atoms with Crippen molar-refractivity contribution in [3.8, 4) is 0 Å². The van der Waals surface area contributed by atoms with Gasteiger partial charge in [-0.15, -0.1) is 0 Å². The normalized spacial score (nSPS) is 12.7. The second-order valence-corrected chi connectivity index (χ2v) is 14.0. The number of rotatable bonds is 14. The molecular weight excluding hydrogens is 595 g/mol. The first-order valence-electron chi connectivity index (χ1n) is 15.9. The van der Waals surface area contributed by atoms with E-state index in [1.165, 1.54) is 17.0 Å². The van der Waals surface area contributed by atoms with Gasteiger partial charge >= 0.3 is 0 Å². The Bertz CT molecular complexity index is 1670. The summed E-state index contributed by atoms with van der Waals surface area (Å²) in [4.78, 5) is 30.1. The lowest BCUT2D eigenvalue weighted by Crippen LogP contribution is -2.54. The Hall–Kier alpha value is -4.43. The maximum absolute atomic E-state index is 14.6. The van der Waals surface area contributed by atoms with Gasteiger partial charge in [-0.05, 0) is 67.1 Å². The van der Waals surface area contributed by atoms with E-state index in [1.807, 2.05) is 87.5 Å². The SMILES string of the molecule is CCC(C)NC(=O)C(Cc1ccccc1)N(Cc1ccc(C)cc1)C(=O)CN(c1ccc(C(C)C)cc1)S(=O)(=O)c1ccccc1. The highest BCUT2D eigenvalue weighted by Crippen LogP contribution is 2.27. The van der Waals surface area contributed by atoms with Crippen molar-refractivity contribution in [1.29, 1.82) is 0 Å². The van der Waals surface area contributed by atoms with Gasteiger partial charge in [-0.1, -0.05) is 111 Å². The zero-order valence-corrected chi connectivity index (χ0v) is 28.2. The molecule has 0 heterocycles. The Kier molecular flexibility index (Phi) is 11.8. The molecule has 4 aromatic carbocycles. The molecule has 0 aliphatic carbocycles. The molecule has 2 atom stereocenters. The van der Waals surface area contributed by atoms with E-state index in [2.05, 4.69) is 19.2 Å². The van der Waals surface area contributed by atoms with Crippen molar-refractivity contribution in [3.05, 3.63) is 131 Å². The van der Waals surface area contributed by atoms with Crippen molar-refractivity contribution in [3.63, 3.8) is 0 Å². The van der Waals surface area contributed by atoms with Crippen molar-refractivity contribution < 1.29 is 18.0 Å². The van der Waals surface area contributed by atoms with Crippen LogP contribution in [0.5, 0.6) is 0 Å². The summed E-state index contributed by atoms with van der Waals surface area (Å²) in [5.74, 6) is -0.506. The third kappa shape index (κ3) is 8.85. The van der Waals surface area contributed by atoms with E-state index in [4.69, 9.17) is 0 Å². The van der Waals surface area contributed by atoms with E-state index >= 15 is 0 Å². The van der Waals surface area contributed by atoms with Crippen LogP contribution in [0.15, 0.2) is 114 Å². The minimum atomic E-state index is -4.14. The van der Waals surface area contributed by atoms with Crippen molar-refractivity contribution in [1.82, 2.24) is 10.2 Å². The second kappa shape index (κ2) is 15.7. The Balaban J connectivity index is 1.80. The summed E-state index contributed by atoms with van der Waals surface area (Å²) in [6, 6.07) is 31.8. The third-order valence-corrected chi connectivity index (χ3v) is 9.99. The number of carbonyl (C=O) groups is 2. The number of nitrogens with one attached hydrogen (secondary N) is 1. The highest BCUT2D eigenvalue weighted by atomic mass is 32.2. The fourth-order valence-corrected chi connectivity index (χ4v) is 6.59. The Morgan fingerprint density at radius 3 is 1.91 bits per heavy atom. The zero-order valence-electron chi connectivity index (χ0n) is 27.4. The summed E-state index contributed by atoms with van der Waals surface area (Å²) in [5.41, 5.74) is 4.24. The lowest BCUT2D eigenvalue weighted by atomic mass is 10.0. The van der Waals surface area contributed by atoms with Crippen molar-refractivity contribution in [2.24, 2.45) is 0 Å². The van der Waals surface area contributed by atoms with E-state index in [0.29, 0.717) is 5.69 Å². The standard InChI is InChI=1S/C38H45N3O4S/c1-6-30(5)39-38(43)36(25-31-13-9-7-10-14-31)40(26-32-19-17-29(4)18-20-32)37(42)27-41(34-23-21-33(22-24-34)28(2)3)46(44,45)35-15-11-8-12-16-35/h7-24,28,30,36H,6,25-27H2,1-5H3,(H,39,43). The van der Waals surface area contributed by atoms with Crippen LogP contribution < -0.4 is 9.62 Å². The maximum atomic E-state index is 14.6. The predicted octanol–water partition coefficient (Wildman–Crippen LogP) is 6.87. The maximum Gasteiger partial charge on any atom is 0.264 e. The van der Waals surface area contributed by atoms with Gasteiger partial charge in [-0.2, -0.15) is 0 Å². The summed E-state index contributed by atoms with van der Waals surface area (Å²) in [7, 11) is -4.14. The molecule has 0 spiro atoms. The van der Waals surface area contributed by atoms with Gasteiger partial charge < -0.3 is 10.2 Å². The highest BCUT2D eigenvalue weighted by molar-refractivity contribution is 7.92. The number of hydrogen-bond donors (Lipinski definition) is 1. The Morgan fingerprint density at radius 2 is 1.35 bits per heavy atom. The summed E-state index contributed by atoms with van der Waals surface area (Å²) in [5, 5.41) is 3.07. The molecular formula is C38H45N3O4S. The summed E-state index contributed by atoms with van der Waals surface area (Å²) >= 11 is 0. The van der Waals surface area contributed by atoms with E-state index in [9.17, 15) is 18.0 Å². The van der Waals surface area contributed by atoms with Gasteiger partial charge in [0.15, 0.2) is 0 Å². The molecule has 4 aromatic rings. The molecule has 46 heavy (non-hydrogen) atoms. The fraction of sp³-hybridized carbons (Fsp3) is 0.316. The van der Waals surface area contributed by atoms with Crippen LogP contribution in [0.2, 0.25) is 0 Å². The number of aryl methyl sites for hydroxylation is 1. The average Bonchev–Trinajstić information content (AvgIpc) is 3.06. The van der Waals surface area contributed by atoms with Gasteiger partial charge in [-0.25, -0.2) is 8.42 Å². The highest BCUT2D eigenvalue weighted by Gasteiger charge is 2.35. The smallest absolute Gasteiger partial charge is 0.264 e. The van der Waals surface area contributed by atoms with Crippen LogP contribution in [0.3, 0.4) is 0 Å². The summed E-state index contributed by atoms with van der Waals surface area (Å²) in [6.07, 6.45) is 1.00. The van der Waals surface area contributed by atoms with E-state index < -0.39 is 28.5 Å². The molecule has 0 aromatic heterocycles. The number of sulfonamides is 1. The van der Waals surface area contributed by atoms with Crippen LogP contribution in [-0.4, -0.2) is 43.8 Å². The molecule has 8 heteroatoms. The fourth-order valence-electron chi connectivity index (χ4n) is 5.16. The quantitative estimate of drug-likeness (QED) is 0.163. The lowest BCUT2D eigenvalue weighted by Gasteiger charge is -2.34. The molecule has 0 aliphatic rings. The molecule has 4 rings (SSSR count). The second-order valence-electron chi connectivity index (χ2n) is 12.1. The summed E-state index contributed by atoms with van der Waals surface area (Å²) in [6.45, 7) is 9.69. The van der Waals surface area contributed by atoms with Gasteiger partial charge in [0.1, 0.15) is 12.6 Å². The zero-order chi connectivity index (χ0) is 33.3. The topological polar surface area (TPSA) is 86.8 Å². The Morgan fingerprint density at radius 1 is 0.761 bits per heavy atom. The first-order valence-corrected chi connectivity index (χ1v) is 17.3. The van der Waals surface area contributed by atoms with Gasteiger partial charge in [0.25, 0.3) is 10.0 Å².